The van der Waals surface area contributed by atoms with Crippen LogP contribution in [0.4, 0.5) is 4.39 Å². The molecule has 0 aliphatic carbocycles. The number of hydrogen-bond acceptors (Lipinski definition) is 1. The quantitative estimate of drug-likeness (QED) is 0.750. The summed E-state index contributed by atoms with van der Waals surface area (Å²) in [4.78, 5) is 0. The Morgan fingerprint density at radius 1 is 1.19 bits per heavy atom. The van der Waals surface area contributed by atoms with Gasteiger partial charge in [0.2, 0.25) is 0 Å². The first-order valence-corrected chi connectivity index (χ1v) is 6.04. The third-order valence-corrected chi connectivity index (χ3v) is 2.14. The van der Waals surface area contributed by atoms with Crippen LogP contribution in [-0.4, -0.2) is 5.11 Å². The van der Waals surface area contributed by atoms with Gasteiger partial charge in [0.15, 0.2) is 0 Å². The van der Waals surface area contributed by atoms with Gasteiger partial charge in [-0.3, -0.25) is 0 Å². The molecule has 0 spiro atoms. The molecule has 0 heterocycles. The van der Waals surface area contributed by atoms with Gasteiger partial charge >= 0.3 is 0 Å². The fourth-order valence-electron chi connectivity index (χ4n) is 1.18. The van der Waals surface area contributed by atoms with Crippen molar-refractivity contribution >= 4 is 11.6 Å². The Bertz CT molecular complexity index is 298. The van der Waals surface area contributed by atoms with Gasteiger partial charge in [-0.1, -0.05) is 39.3 Å². The second-order valence-electron chi connectivity index (χ2n) is 2.74. The van der Waals surface area contributed by atoms with E-state index in [1.54, 1.807) is 13.8 Å². The molecule has 0 aliphatic rings. The van der Waals surface area contributed by atoms with Crippen LogP contribution in [0.15, 0.2) is 12.1 Å². The maximum absolute atomic E-state index is 12.9. The van der Waals surface area contributed by atoms with E-state index in [4.69, 9.17) is 11.6 Å². The van der Waals surface area contributed by atoms with Gasteiger partial charge in [-0.05, 0) is 31.5 Å². The Kier molecular flexibility index (Phi) is 10.7. The summed E-state index contributed by atoms with van der Waals surface area (Å²) in [6, 6.07) is 2.75. The average Bonchev–Trinajstić information content (AvgIpc) is 2.29. The van der Waals surface area contributed by atoms with Crippen LogP contribution >= 0.6 is 11.6 Å². The number of benzene rings is 1. The van der Waals surface area contributed by atoms with Crippen molar-refractivity contribution in [2.45, 2.75) is 47.6 Å². The van der Waals surface area contributed by atoms with Gasteiger partial charge in [-0.2, -0.15) is 0 Å². The van der Waals surface area contributed by atoms with E-state index in [0.717, 1.165) is 0 Å². The molecule has 1 aromatic rings. The third-order valence-electron chi connectivity index (χ3n) is 1.81. The van der Waals surface area contributed by atoms with Gasteiger partial charge in [-0.25, -0.2) is 4.39 Å². The van der Waals surface area contributed by atoms with E-state index in [0.29, 0.717) is 16.1 Å². The zero-order valence-electron chi connectivity index (χ0n) is 10.9. The van der Waals surface area contributed by atoms with Gasteiger partial charge < -0.3 is 5.11 Å². The summed E-state index contributed by atoms with van der Waals surface area (Å²) in [5.41, 5.74) is 0.883. The minimum Gasteiger partial charge on any atom is -0.389 e. The Balaban J connectivity index is 0. The van der Waals surface area contributed by atoms with E-state index in [1.165, 1.54) is 12.1 Å². The zero-order chi connectivity index (χ0) is 13.3. The second kappa shape index (κ2) is 9.61. The highest BCUT2D eigenvalue weighted by molar-refractivity contribution is 6.31. The van der Waals surface area contributed by atoms with Crippen molar-refractivity contribution in [1.29, 1.82) is 0 Å². The molecular weight excluding hydrogens is 227 g/mol. The monoisotopic (exact) mass is 248 g/mol. The summed E-state index contributed by atoms with van der Waals surface area (Å²) in [5, 5.41) is 9.67. The smallest absolute Gasteiger partial charge is 0.126 e. The van der Waals surface area contributed by atoms with E-state index in [1.807, 2.05) is 27.7 Å². The molecular formula is C13H22ClFO. The summed E-state index contributed by atoms with van der Waals surface area (Å²) in [6.45, 7) is 11.2. The molecule has 3 heteroatoms. The van der Waals surface area contributed by atoms with Crippen molar-refractivity contribution < 1.29 is 9.50 Å². The van der Waals surface area contributed by atoms with Gasteiger partial charge in [-0.15, -0.1) is 0 Å². The lowest BCUT2D eigenvalue weighted by molar-refractivity contribution is 0.198. The molecule has 0 amide bonds. The molecule has 0 fully saturated rings. The van der Waals surface area contributed by atoms with Crippen molar-refractivity contribution in [3.8, 4) is 0 Å². The van der Waals surface area contributed by atoms with Crippen molar-refractivity contribution in [2.24, 2.45) is 0 Å². The van der Waals surface area contributed by atoms with Crippen molar-refractivity contribution in [1.82, 2.24) is 0 Å². The first-order valence-electron chi connectivity index (χ1n) is 5.66. The number of rotatable bonds is 1. The SMILES string of the molecule is CC.CC.Cc1c(F)ccc(Cl)c1C(C)O. The predicted molar refractivity (Wildman–Crippen MR) is 69.5 cm³/mol. The van der Waals surface area contributed by atoms with Gasteiger partial charge in [0.1, 0.15) is 5.82 Å². The third kappa shape index (κ3) is 4.95. The predicted octanol–water partition coefficient (Wildman–Crippen LogP) is 4.89. The molecule has 1 atom stereocenters. The van der Waals surface area contributed by atoms with Crippen LogP contribution < -0.4 is 0 Å². The zero-order valence-corrected chi connectivity index (χ0v) is 11.7. The van der Waals surface area contributed by atoms with Crippen LogP contribution in [0, 0.1) is 12.7 Å². The molecule has 1 nitrogen and oxygen atoms in total. The molecule has 1 rings (SSSR count). The maximum Gasteiger partial charge on any atom is 0.126 e. The minimum atomic E-state index is -0.729. The standard InChI is InChI=1S/C9H10ClFO.2C2H6/c1-5-8(11)4-3-7(10)9(5)6(2)12;2*1-2/h3-4,6,12H,1-2H3;2*1-2H3. The topological polar surface area (TPSA) is 20.2 Å². The number of hydrogen-bond donors (Lipinski definition) is 1. The van der Waals surface area contributed by atoms with Crippen LogP contribution in [0.3, 0.4) is 0 Å². The van der Waals surface area contributed by atoms with Crippen LogP contribution in [-0.2, 0) is 0 Å². The van der Waals surface area contributed by atoms with Crippen molar-refractivity contribution in [3.05, 3.63) is 34.1 Å². The van der Waals surface area contributed by atoms with E-state index in [2.05, 4.69) is 0 Å². The first kappa shape index (κ1) is 17.8. The van der Waals surface area contributed by atoms with Crippen molar-refractivity contribution in [2.75, 3.05) is 0 Å². The van der Waals surface area contributed by atoms with E-state index in [9.17, 15) is 9.50 Å². The summed E-state index contributed by atoms with van der Waals surface area (Å²) in [5.74, 6) is -0.338. The Morgan fingerprint density at radius 2 is 1.62 bits per heavy atom. The average molecular weight is 249 g/mol. The normalized spacial score (nSPS) is 10.6. The number of halogens is 2. The number of aliphatic hydroxyl groups is 1. The fraction of sp³-hybridized carbons (Fsp3) is 0.538. The molecule has 1 aromatic carbocycles. The lowest BCUT2D eigenvalue weighted by Gasteiger charge is -2.11. The lowest BCUT2D eigenvalue weighted by atomic mass is 10.0. The highest BCUT2D eigenvalue weighted by atomic mass is 35.5. The first-order chi connectivity index (χ1) is 7.54. The molecule has 0 radical (unpaired) electrons. The van der Waals surface area contributed by atoms with Gasteiger partial charge in [0.05, 0.1) is 6.10 Å². The van der Waals surface area contributed by atoms with Gasteiger partial charge in [0.25, 0.3) is 0 Å². The molecule has 0 saturated heterocycles. The largest absolute Gasteiger partial charge is 0.389 e. The van der Waals surface area contributed by atoms with Crippen LogP contribution in [0.5, 0.6) is 0 Å². The second-order valence-corrected chi connectivity index (χ2v) is 3.15. The summed E-state index contributed by atoms with van der Waals surface area (Å²) in [6.07, 6.45) is -0.729. The van der Waals surface area contributed by atoms with E-state index < -0.39 is 6.10 Å². The lowest BCUT2D eigenvalue weighted by Crippen LogP contribution is -1.98. The Hall–Kier alpha value is -0.600. The molecule has 94 valence electrons. The summed E-state index contributed by atoms with van der Waals surface area (Å²) >= 11 is 5.77. The highest BCUT2D eigenvalue weighted by Gasteiger charge is 2.12. The Labute approximate surface area is 103 Å². The fourth-order valence-corrected chi connectivity index (χ4v) is 1.54. The molecule has 0 aliphatic heterocycles. The van der Waals surface area contributed by atoms with Crippen LogP contribution in [0.1, 0.15) is 51.8 Å². The summed E-state index contributed by atoms with van der Waals surface area (Å²) in [7, 11) is 0. The molecule has 1 N–H and O–H groups in total. The molecule has 0 aromatic heterocycles. The maximum atomic E-state index is 12.9. The molecule has 0 bridgehead atoms. The Morgan fingerprint density at radius 3 is 1.94 bits per heavy atom. The van der Waals surface area contributed by atoms with E-state index >= 15 is 0 Å². The minimum absolute atomic E-state index is 0.338. The summed E-state index contributed by atoms with van der Waals surface area (Å²) < 4.78 is 12.9. The molecule has 0 saturated carbocycles. The van der Waals surface area contributed by atoms with Crippen molar-refractivity contribution in [3.63, 3.8) is 0 Å². The number of aliphatic hydroxyl groups excluding tert-OH is 1. The van der Waals surface area contributed by atoms with Crippen LogP contribution in [0.25, 0.3) is 0 Å². The van der Waals surface area contributed by atoms with Gasteiger partial charge in [0, 0.05) is 10.6 Å². The molecule has 16 heavy (non-hydrogen) atoms. The molecule has 1 unspecified atom stereocenters. The van der Waals surface area contributed by atoms with Crippen LogP contribution in [0.2, 0.25) is 5.02 Å². The van der Waals surface area contributed by atoms with E-state index in [-0.39, 0.29) is 5.82 Å². The highest BCUT2D eigenvalue weighted by Crippen LogP contribution is 2.27.